The number of rotatable bonds is 7. The van der Waals surface area contributed by atoms with Gasteiger partial charge in [-0.15, -0.1) is 0 Å². The van der Waals surface area contributed by atoms with Crippen molar-refractivity contribution in [1.82, 2.24) is 15.5 Å². The number of para-hydroxylation sites is 1. The molecule has 0 bridgehead atoms. The van der Waals surface area contributed by atoms with E-state index in [0.29, 0.717) is 5.75 Å². The molecule has 120 valence electrons. The molecule has 0 saturated carbocycles. The van der Waals surface area contributed by atoms with Crippen LogP contribution in [0.1, 0.15) is 12.8 Å². The maximum atomic E-state index is 12.2. The van der Waals surface area contributed by atoms with Gasteiger partial charge in [0, 0.05) is 19.1 Å². The number of likely N-dealkylation sites (N-methyl/N-ethyl adjacent to an activating group) is 1. The Balaban J connectivity index is 1.70. The summed E-state index contributed by atoms with van der Waals surface area (Å²) in [5.74, 6) is 0.310. The third kappa shape index (κ3) is 4.73. The number of hydrogen-bond acceptors (Lipinski definition) is 4. The highest BCUT2D eigenvalue weighted by Gasteiger charge is 2.27. The Hall–Kier alpha value is -2.08. The van der Waals surface area contributed by atoms with E-state index in [9.17, 15) is 9.59 Å². The van der Waals surface area contributed by atoms with E-state index in [0.717, 1.165) is 25.9 Å². The highest BCUT2D eigenvalue weighted by Crippen LogP contribution is 2.16. The molecule has 2 N–H and O–H groups in total. The summed E-state index contributed by atoms with van der Waals surface area (Å²) in [5, 5.41) is 5.71. The van der Waals surface area contributed by atoms with E-state index in [4.69, 9.17) is 4.74 Å². The number of carbonyl (C=O) groups is 2. The molecule has 2 amide bonds. The van der Waals surface area contributed by atoms with Crippen LogP contribution in [0.25, 0.3) is 0 Å². The Morgan fingerprint density at radius 3 is 2.82 bits per heavy atom. The molecule has 0 aromatic heterocycles. The molecule has 1 atom stereocenters. The monoisotopic (exact) mass is 305 g/mol. The molecule has 1 aromatic carbocycles. The van der Waals surface area contributed by atoms with Gasteiger partial charge in [-0.3, -0.25) is 9.59 Å². The molecule has 1 fully saturated rings. The molecule has 6 heteroatoms. The highest BCUT2D eigenvalue weighted by atomic mass is 16.5. The SMILES string of the molecule is CNCC1CCCN1C(=O)CNC(=O)COc1ccccc1. The fourth-order valence-electron chi connectivity index (χ4n) is 2.60. The number of amides is 2. The largest absolute Gasteiger partial charge is 0.484 e. The van der Waals surface area contributed by atoms with Gasteiger partial charge in [-0.25, -0.2) is 0 Å². The molecule has 22 heavy (non-hydrogen) atoms. The van der Waals surface area contributed by atoms with Gasteiger partial charge in [0.15, 0.2) is 6.61 Å². The number of hydrogen-bond donors (Lipinski definition) is 2. The molecule has 1 saturated heterocycles. The minimum absolute atomic E-state index is 0.0250. The zero-order chi connectivity index (χ0) is 15.8. The standard InChI is InChI=1S/C16H23N3O3/c1-17-10-13-6-5-9-19(13)16(21)11-18-15(20)12-22-14-7-3-2-4-8-14/h2-4,7-8,13,17H,5-6,9-12H2,1H3,(H,18,20). The van der Waals surface area contributed by atoms with Crippen molar-refractivity contribution in [2.75, 3.05) is 33.3 Å². The average molecular weight is 305 g/mol. The summed E-state index contributed by atoms with van der Waals surface area (Å²) in [5.41, 5.74) is 0. The molecule has 1 unspecified atom stereocenters. The Labute approximate surface area is 130 Å². The summed E-state index contributed by atoms with van der Waals surface area (Å²) in [6.07, 6.45) is 2.03. The van der Waals surface area contributed by atoms with Gasteiger partial charge in [-0.05, 0) is 32.0 Å². The van der Waals surface area contributed by atoms with Crippen molar-refractivity contribution >= 4 is 11.8 Å². The predicted octanol–water partition coefficient (Wildman–Crippen LogP) is 0.392. The van der Waals surface area contributed by atoms with Gasteiger partial charge in [0.1, 0.15) is 5.75 Å². The first-order chi connectivity index (χ1) is 10.7. The summed E-state index contributed by atoms with van der Waals surface area (Å²) >= 11 is 0. The van der Waals surface area contributed by atoms with E-state index in [1.807, 2.05) is 30.1 Å². The average Bonchev–Trinajstić information content (AvgIpc) is 3.00. The molecular formula is C16H23N3O3. The van der Waals surface area contributed by atoms with Crippen LogP contribution in [0.2, 0.25) is 0 Å². The Morgan fingerprint density at radius 2 is 2.09 bits per heavy atom. The number of ether oxygens (including phenoxy) is 1. The Kier molecular flexibility index (Phi) is 6.21. The number of likely N-dealkylation sites (tertiary alicyclic amines) is 1. The number of benzene rings is 1. The van der Waals surface area contributed by atoms with Crippen LogP contribution < -0.4 is 15.4 Å². The van der Waals surface area contributed by atoms with Crippen LogP contribution in [0.5, 0.6) is 5.75 Å². The molecule has 2 rings (SSSR count). The second kappa shape index (κ2) is 8.38. The van der Waals surface area contributed by atoms with Crippen LogP contribution in [-0.2, 0) is 9.59 Å². The van der Waals surface area contributed by atoms with Crippen molar-refractivity contribution in [3.05, 3.63) is 30.3 Å². The van der Waals surface area contributed by atoms with Crippen LogP contribution >= 0.6 is 0 Å². The first kappa shape index (κ1) is 16.3. The van der Waals surface area contributed by atoms with Crippen molar-refractivity contribution in [3.8, 4) is 5.75 Å². The lowest BCUT2D eigenvalue weighted by Gasteiger charge is -2.24. The first-order valence-electron chi connectivity index (χ1n) is 7.59. The summed E-state index contributed by atoms with van der Waals surface area (Å²) in [6.45, 7) is 1.49. The van der Waals surface area contributed by atoms with Crippen LogP contribution in [0, 0.1) is 0 Å². The van der Waals surface area contributed by atoms with Gasteiger partial charge < -0.3 is 20.3 Å². The van der Waals surface area contributed by atoms with Gasteiger partial charge in [0.25, 0.3) is 5.91 Å². The predicted molar refractivity (Wildman–Crippen MR) is 83.6 cm³/mol. The zero-order valence-electron chi connectivity index (χ0n) is 12.9. The van der Waals surface area contributed by atoms with Crippen LogP contribution in [-0.4, -0.2) is 56.0 Å². The van der Waals surface area contributed by atoms with Gasteiger partial charge >= 0.3 is 0 Å². The first-order valence-corrected chi connectivity index (χ1v) is 7.59. The number of carbonyl (C=O) groups excluding carboxylic acids is 2. The summed E-state index contributed by atoms with van der Waals surface area (Å²) in [7, 11) is 1.88. The Bertz CT molecular complexity index is 493. The molecule has 0 radical (unpaired) electrons. The van der Waals surface area contributed by atoms with Crippen molar-refractivity contribution in [1.29, 1.82) is 0 Å². The van der Waals surface area contributed by atoms with Gasteiger partial charge in [0.2, 0.25) is 5.91 Å². The van der Waals surface area contributed by atoms with E-state index in [1.165, 1.54) is 0 Å². The number of nitrogens with zero attached hydrogens (tertiary/aromatic N) is 1. The summed E-state index contributed by atoms with van der Waals surface area (Å²) in [6, 6.07) is 9.35. The second-order valence-corrected chi connectivity index (χ2v) is 5.32. The third-order valence-corrected chi connectivity index (χ3v) is 3.69. The Morgan fingerprint density at radius 1 is 1.32 bits per heavy atom. The number of nitrogens with one attached hydrogen (secondary N) is 2. The fourth-order valence-corrected chi connectivity index (χ4v) is 2.60. The molecule has 1 heterocycles. The van der Waals surface area contributed by atoms with E-state index >= 15 is 0 Å². The van der Waals surface area contributed by atoms with Crippen LogP contribution in [0.4, 0.5) is 0 Å². The second-order valence-electron chi connectivity index (χ2n) is 5.32. The normalized spacial score (nSPS) is 17.3. The highest BCUT2D eigenvalue weighted by molar-refractivity contribution is 5.85. The van der Waals surface area contributed by atoms with Gasteiger partial charge in [-0.1, -0.05) is 18.2 Å². The lowest BCUT2D eigenvalue weighted by molar-refractivity contribution is -0.133. The van der Waals surface area contributed by atoms with Crippen molar-refractivity contribution < 1.29 is 14.3 Å². The molecule has 0 aliphatic carbocycles. The minimum Gasteiger partial charge on any atom is -0.484 e. The fraction of sp³-hybridized carbons (Fsp3) is 0.500. The molecule has 1 aliphatic rings. The topological polar surface area (TPSA) is 70.7 Å². The maximum absolute atomic E-state index is 12.2. The quantitative estimate of drug-likeness (QED) is 0.765. The van der Waals surface area contributed by atoms with Crippen LogP contribution in [0.3, 0.4) is 0 Å². The van der Waals surface area contributed by atoms with E-state index < -0.39 is 0 Å². The maximum Gasteiger partial charge on any atom is 0.258 e. The van der Waals surface area contributed by atoms with Crippen molar-refractivity contribution in [2.45, 2.75) is 18.9 Å². The van der Waals surface area contributed by atoms with E-state index in [2.05, 4.69) is 10.6 Å². The lowest BCUT2D eigenvalue weighted by atomic mass is 10.2. The van der Waals surface area contributed by atoms with E-state index in [1.54, 1.807) is 12.1 Å². The minimum atomic E-state index is -0.290. The van der Waals surface area contributed by atoms with Crippen LogP contribution in [0.15, 0.2) is 30.3 Å². The van der Waals surface area contributed by atoms with Crippen molar-refractivity contribution in [3.63, 3.8) is 0 Å². The smallest absolute Gasteiger partial charge is 0.258 e. The van der Waals surface area contributed by atoms with Crippen molar-refractivity contribution in [2.24, 2.45) is 0 Å². The third-order valence-electron chi connectivity index (χ3n) is 3.69. The summed E-state index contributed by atoms with van der Waals surface area (Å²) < 4.78 is 5.34. The molecule has 6 nitrogen and oxygen atoms in total. The molecular weight excluding hydrogens is 282 g/mol. The molecule has 0 spiro atoms. The van der Waals surface area contributed by atoms with E-state index in [-0.39, 0.29) is 31.0 Å². The molecule has 1 aromatic rings. The molecule has 1 aliphatic heterocycles. The lowest BCUT2D eigenvalue weighted by Crippen LogP contribution is -2.46. The van der Waals surface area contributed by atoms with Gasteiger partial charge in [0.05, 0.1) is 6.54 Å². The zero-order valence-corrected chi connectivity index (χ0v) is 12.9. The van der Waals surface area contributed by atoms with Gasteiger partial charge in [-0.2, -0.15) is 0 Å². The summed E-state index contributed by atoms with van der Waals surface area (Å²) in [4.78, 5) is 25.7.